The Kier molecular flexibility index (Phi) is 9.37. The zero-order valence-corrected chi connectivity index (χ0v) is 12.2. The van der Waals surface area contributed by atoms with Gasteiger partial charge >= 0.3 is 0 Å². The van der Waals surface area contributed by atoms with Gasteiger partial charge in [-0.3, -0.25) is 9.69 Å². The average Bonchev–Trinajstić information content (AvgIpc) is 2.35. The van der Waals surface area contributed by atoms with Crippen LogP contribution in [0.15, 0.2) is 0 Å². The van der Waals surface area contributed by atoms with Gasteiger partial charge in [0.25, 0.3) is 0 Å². The lowest BCUT2D eigenvalue weighted by Crippen LogP contribution is -2.41. The van der Waals surface area contributed by atoms with Gasteiger partial charge in [0.1, 0.15) is 5.78 Å². The summed E-state index contributed by atoms with van der Waals surface area (Å²) in [6, 6.07) is 0.498. The molecule has 0 aromatic rings. The molecule has 0 saturated carbocycles. The van der Waals surface area contributed by atoms with E-state index in [4.69, 9.17) is 4.74 Å². The minimum absolute atomic E-state index is 0.175. The largest absolute Gasteiger partial charge is 0.383 e. The van der Waals surface area contributed by atoms with E-state index < -0.39 is 0 Å². The molecule has 0 aliphatic carbocycles. The van der Waals surface area contributed by atoms with E-state index in [1.807, 2.05) is 6.92 Å². The minimum atomic E-state index is 0.175. The molecule has 0 amide bonds. The number of ketones is 1. The van der Waals surface area contributed by atoms with Crippen molar-refractivity contribution in [1.82, 2.24) is 4.90 Å². The summed E-state index contributed by atoms with van der Waals surface area (Å²) in [7, 11) is 1.71. The van der Waals surface area contributed by atoms with Gasteiger partial charge in [-0.15, -0.1) is 0 Å². The Labute approximate surface area is 107 Å². The quantitative estimate of drug-likeness (QED) is 0.591. The zero-order valence-electron chi connectivity index (χ0n) is 12.2. The van der Waals surface area contributed by atoms with E-state index in [0.717, 1.165) is 25.8 Å². The predicted octanol–water partition coefficient (Wildman–Crippen LogP) is 2.74. The Morgan fingerprint density at radius 3 is 2.18 bits per heavy atom. The summed E-state index contributed by atoms with van der Waals surface area (Å²) in [4.78, 5) is 14.3. The third-order valence-electron chi connectivity index (χ3n) is 3.56. The van der Waals surface area contributed by atoms with E-state index in [-0.39, 0.29) is 5.92 Å². The average molecular weight is 243 g/mol. The topological polar surface area (TPSA) is 29.5 Å². The van der Waals surface area contributed by atoms with Crippen molar-refractivity contribution in [2.24, 2.45) is 5.92 Å². The van der Waals surface area contributed by atoms with E-state index in [9.17, 15) is 4.79 Å². The molecular formula is C14H29NO2. The summed E-state index contributed by atoms with van der Waals surface area (Å²) in [6.07, 6.45) is 3.11. The second-order valence-electron chi connectivity index (χ2n) is 4.71. The van der Waals surface area contributed by atoms with E-state index in [1.165, 1.54) is 0 Å². The monoisotopic (exact) mass is 243 g/mol. The van der Waals surface area contributed by atoms with E-state index in [0.29, 0.717) is 25.0 Å². The summed E-state index contributed by atoms with van der Waals surface area (Å²) < 4.78 is 5.13. The van der Waals surface area contributed by atoms with Gasteiger partial charge in [0.15, 0.2) is 0 Å². The number of hydrogen-bond donors (Lipinski definition) is 0. The van der Waals surface area contributed by atoms with Gasteiger partial charge in [-0.25, -0.2) is 0 Å². The van der Waals surface area contributed by atoms with Gasteiger partial charge < -0.3 is 4.74 Å². The van der Waals surface area contributed by atoms with Crippen molar-refractivity contribution in [1.29, 1.82) is 0 Å². The lowest BCUT2D eigenvalue weighted by atomic mass is 10.0. The van der Waals surface area contributed by atoms with Gasteiger partial charge in [-0.05, 0) is 19.3 Å². The molecule has 17 heavy (non-hydrogen) atoms. The molecule has 0 aromatic heterocycles. The Bertz CT molecular complexity index is 202. The fourth-order valence-electron chi connectivity index (χ4n) is 1.99. The first kappa shape index (κ1) is 16.6. The first-order chi connectivity index (χ1) is 8.10. The van der Waals surface area contributed by atoms with Crippen LogP contribution in [0.4, 0.5) is 0 Å². The molecule has 0 radical (unpaired) electrons. The number of carbonyl (C=O) groups is 1. The molecule has 0 aromatic carbocycles. The van der Waals surface area contributed by atoms with Crippen LogP contribution in [-0.2, 0) is 9.53 Å². The third kappa shape index (κ3) is 6.18. The van der Waals surface area contributed by atoms with Crippen molar-refractivity contribution in [2.75, 3.05) is 26.8 Å². The van der Waals surface area contributed by atoms with Crippen LogP contribution in [0.1, 0.15) is 47.0 Å². The maximum absolute atomic E-state index is 12.0. The highest BCUT2D eigenvalue weighted by Crippen LogP contribution is 2.11. The molecule has 0 heterocycles. The van der Waals surface area contributed by atoms with Crippen LogP contribution in [0.5, 0.6) is 0 Å². The van der Waals surface area contributed by atoms with Gasteiger partial charge in [0, 0.05) is 25.6 Å². The molecule has 3 nitrogen and oxygen atoms in total. The Morgan fingerprint density at radius 1 is 1.18 bits per heavy atom. The van der Waals surface area contributed by atoms with E-state index >= 15 is 0 Å². The number of rotatable bonds is 10. The Balaban J connectivity index is 4.40. The molecule has 0 rings (SSSR count). The van der Waals surface area contributed by atoms with Crippen LogP contribution in [0.25, 0.3) is 0 Å². The third-order valence-corrected chi connectivity index (χ3v) is 3.56. The molecule has 0 aliphatic rings. The number of ether oxygens (including phenoxy) is 1. The normalized spacial score (nSPS) is 13.4. The maximum atomic E-state index is 12.0. The highest BCUT2D eigenvalue weighted by atomic mass is 16.5. The second-order valence-corrected chi connectivity index (χ2v) is 4.71. The van der Waals surface area contributed by atoms with Gasteiger partial charge in [-0.2, -0.15) is 0 Å². The van der Waals surface area contributed by atoms with Crippen molar-refractivity contribution in [3.63, 3.8) is 0 Å². The van der Waals surface area contributed by atoms with Gasteiger partial charge in [-0.1, -0.05) is 27.7 Å². The number of methoxy groups -OCH3 is 1. The number of carbonyl (C=O) groups excluding carboxylic acids is 1. The molecule has 0 N–H and O–H groups in total. The molecule has 102 valence electrons. The summed E-state index contributed by atoms with van der Waals surface area (Å²) in [6.45, 7) is 10.6. The predicted molar refractivity (Wildman–Crippen MR) is 72.3 cm³/mol. The van der Waals surface area contributed by atoms with Crippen LogP contribution < -0.4 is 0 Å². The zero-order chi connectivity index (χ0) is 13.3. The van der Waals surface area contributed by atoms with Crippen LogP contribution in [0, 0.1) is 5.92 Å². The van der Waals surface area contributed by atoms with Crippen LogP contribution in [0.2, 0.25) is 0 Å². The fraction of sp³-hybridized carbons (Fsp3) is 0.929. The highest BCUT2D eigenvalue weighted by Gasteiger charge is 2.20. The molecule has 0 spiro atoms. The Morgan fingerprint density at radius 2 is 1.76 bits per heavy atom. The summed E-state index contributed by atoms with van der Waals surface area (Å²) >= 11 is 0. The summed E-state index contributed by atoms with van der Waals surface area (Å²) in [5.41, 5.74) is 0. The summed E-state index contributed by atoms with van der Waals surface area (Å²) in [5.74, 6) is 0.532. The molecule has 1 unspecified atom stereocenters. The number of nitrogens with zero attached hydrogens (tertiary/aromatic N) is 1. The molecule has 0 fully saturated rings. The van der Waals surface area contributed by atoms with E-state index in [1.54, 1.807) is 7.11 Å². The van der Waals surface area contributed by atoms with Crippen molar-refractivity contribution in [3.05, 3.63) is 0 Å². The van der Waals surface area contributed by atoms with E-state index in [2.05, 4.69) is 25.7 Å². The lowest BCUT2D eigenvalue weighted by molar-refractivity contribution is -0.124. The number of Topliss-reactive ketones (excluding diaryl/α,β-unsaturated/α-hetero) is 1. The van der Waals surface area contributed by atoms with Crippen molar-refractivity contribution in [3.8, 4) is 0 Å². The second kappa shape index (κ2) is 9.60. The molecule has 1 atom stereocenters. The van der Waals surface area contributed by atoms with Crippen molar-refractivity contribution in [2.45, 2.75) is 53.0 Å². The Hall–Kier alpha value is -0.410. The first-order valence-corrected chi connectivity index (χ1v) is 6.86. The molecular weight excluding hydrogens is 214 g/mol. The van der Waals surface area contributed by atoms with Crippen molar-refractivity contribution >= 4 is 5.78 Å². The fourth-order valence-corrected chi connectivity index (χ4v) is 1.99. The standard InChI is InChI=1S/C14H29NO2/c1-6-12(4)14(16)11-15(9-10-17-5)13(7-2)8-3/h12-13H,6-11H2,1-5H3. The molecule has 0 saturated heterocycles. The summed E-state index contributed by atoms with van der Waals surface area (Å²) in [5, 5.41) is 0. The molecule has 0 aliphatic heterocycles. The highest BCUT2D eigenvalue weighted by molar-refractivity contribution is 5.82. The maximum Gasteiger partial charge on any atom is 0.149 e. The molecule has 3 heteroatoms. The first-order valence-electron chi connectivity index (χ1n) is 6.86. The smallest absolute Gasteiger partial charge is 0.149 e. The lowest BCUT2D eigenvalue weighted by Gasteiger charge is -2.30. The van der Waals surface area contributed by atoms with Gasteiger partial charge in [0.2, 0.25) is 0 Å². The van der Waals surface area contributed by atoms with Crippen LogP contribution in [0.3, 0.4) is 0 Å². The SMILES string of the molecule is CCC(C)C(=O)CN(CCOC)C(CC)CC. The van der Waals surface area contributed by atoms with Crippen LogP contribution >= 0.6 is 0 Å². The van der Waals surface area contributed by atoms with Crippen LogP contribution in [-0.4, -0.2) is 43.5 Å². The molecule has 0 bridgehead atoms. The number of hydrogen-bond acceptors (Lipinski definition) is 3. The van der Waals surface area contributed by atoms with Gasteiger partial charge in [0.05, 0.1) is 13.2 Å². The van der Waals surface area contributed by atoms with Crippen molar-refractivity contribution < 1.29 is 9.53 Å². The minimum Gasteiger partial charge on any atom is -0.383 e.